The highest BCUT2D eigenvalue weighted by atomic mass is 35.5. The second kappa shape index (κ2) is 6.38. The van der Waals surface area contributed by atoms with Crippen LogP contribution in [-0.4, -0.2) is 32.0 Å². The van der Waals surface area contributed by atoms with Gasteiger partial charge in [-0.15, -0.1) is 0 Å². The minimum Gasteiger partial charge on any atom is -0.480 e. The first-order valence-corrected chi connectivity index (χ1v) is 8.31. The lowest BCUT2D eigenvalue weighted by Gasteiger charge is -2.31. The van der Waals surface area contributed by atoms with Crippen LogP contribution in [0.2, 0.25) is 5.02 Å². The first kappa shape index (κ1) is 15.9. The molecule has 1 aromatic carbocycles. The number of nitrogens with zero attached hydrogens (tertiary/aromatic N) is 2. The Labute approximate surface area is 149 Å². The molecule has 1 aliphatic heterocycles. The summed E-state index contributed by atoms with van der Waals surface area (Å²) in [6.07, 6.45) is 1.99. The summed E-state index contributed by atoms with van der Waals surface area (Å²) in [4.78, 5) is 20.8. The molecule has 0 fully saturated rings. The Kier molecular flexibility index (Phi) is 4.07. The largest absolute Gasteiger partial charge is 0.480 e. The van der Waals surface area contributed by atoms with Crippen LogP contribution in [0.1, 0.15) is 17.1 Å². The molecule has 3 heterocycles. The van der Waals surface area contributed by atoms with Crippen molar-refractivity contribution in [3.05, 3.63) is 64.9 Å². The summed E-state index contributed by atoms with van der Waals surface area (Å²) in [7, 11) is 0. The van der Waals surface area contributed by atoms with Gasteiger partial charge >= 0.3 is 5.97 Å². The van der Waals surface area contributed by atoms with Crippen molar-refractivity contribution in [2.75, 3.05) is 0 Å². The van der Waals surface area contributed by atoms with Gasteiger partial charge in [0.1, 0.15) is 17.6 Å². The number of aromatic nitrogens is 2. The van der Waals surface area contributed by atoms with Crippen molar-refractivity contribution in [2.24, 2.45) is 0 Å². The predicted octanol–water partition coefficient (Wildman–Crippen LogP) is 3.33. The third-order valence-electron chi connectivity index (χ3n) is 4.44. The van der Waals surface area contributed by atoms with E-state index in [1.54, 1.807) is 6.33 Å². The van der Waals surface area contributed by atoms with Gasteiger partial charge in [-0.25, -0.2) is 4.98 Å². The van der Waals surface area contributed by atoms with Gasteiger partial charge in [0.25, 0.3) is 0 Å². The first-order valence-electron chi connectivity index (χ1n) is 7.93. The van der Waals surface area contributed by atoms with Gasteiger partial charge in [-0.2, -0.15) is 0 Å². The van der Waals surface area contributed by atoms with Crippen molar-refractivity contribution >= 4 is 17.6 Å². The molecule has 25 heavy (non-hydrogen) atoms. The molecule has 0 saturated heterocycles. The molecule has 0 amide bonds. The number of carboxylic acids is 1. The van der Waals surface area contributed by atoms with Crippen molar-refractivity contribution in [1.82, 2.24) is 14.9 Å². The summed E-state index contributed by atoms with van der Waals surface area (Å²) in [5.41, 5.74) is 2.59. The van der Waals surface area contributed by atoms with Gasteiger partial charge in [0.2, 0.25) is 0 Å². The molecule has 0 radical (unpaired) electrons. The zero-order valence-electron chi connectivity index (χ0n) is 13.3. The van der Waals surface area contributed by atoms with Crippen LogP contribution >= 0.6 is 11.6 Å². The highest BCUT2D eigenvalue weighted by Crippen LogP contribution is 2.30. The van der Waals surface area contributed by atoms with Gasteiger partial charge in [-0.05, 0) is 24.3 Å². The van der Waals surface area contributed by atoms with E-state index in [1.165, 1.54) is 0 Å². The van der Waals surface area contributed by atoms with E-state index in [0.717, 1.165) is 17.0 Å². The van der Waals surface area contributed by atoms with E-state index in [4.69, 9.17) is 16.0 Å². The number of H-pyrrole nitrogens is 1. The maximum atomic E-state index is 11.6. The number of fused-ring (bicyclic) bond motifs is 1. The van der Waals surface area contributed by atoms with Crippen molar-refractivity contribution in [1.29, 1.82) is 0 Å². The number of imidazole rings is 1. The van der Waals surface area contributed by atoms with Crippen molar-refractivity contribution < 1.29 is 14.3 Å². The standard InChI is InChI=1S/C18H16ClN3O3/c19-13-4-2-1-3-12(13)17-6-5-11(25-17)8-22-9-15-14(20-10-21-15)7-16(22)18(23)24/h1-6,10,16H,7-9H2,(H,20,21)(H,23,24)/t16-/m1/s1. The second-order valence-electron chi connectivity index (χ2n) is 6.04. The average molecular weight is 358 g/mol. The van der Waals surface area contributed by atoms with Crippen LogP contribution in [0.4, 0.5) is 0 Å². The minimum atomic E-state index is -0.855. The summed E-state index contributed by atoms with van der Waals surface area (Å²) in [5.74, 6) is 0.516. The maximum absolute atomic E-state index is 11.6. The molecule has 7 heteroatoms. The molecule has 0 saturated carbocycles. The van der Waals surface area contributed by atoms with Gasteiger partial charge in [0.15, 0.2) is 0 Å². The number of carboxylic acid groups (broad SMARTS) is 1. The molecule has 1 aliphatic rings. The topological polar surface area (TPSA) is 82.4 Å². The minimum absolute atomic E-state index is 0.381. The molecule has 0 aliphatic carbocycles. The van der Waals surface area contributed by atoms with E-state index in [0.29, 0.717) is 36.1 Å². The van der Waals surface area contributed by atoms with Crippen LogP contribution in [0.5, 0.6) is 0 Å². The van der Waals surface area contributed by atoms with Crippen LogP contribution in [0, 0.1) is 0 Å². The van der Waals surface area contributed by atoms with Gasteiger partial charge in [0, 0.05) is 18.5 Å². The third-order valence-corrected chi connectivity index (χ3v) is 4.77. The number of carbonyl (C=O) groups is 1. The molecule has 3 aromatic rings. The normalized spacial score (nSPS) is 17.4. The van der Waals surface area contributed by atoms with E-state index in [9.17, 15) is 9.90 Å². The zero-order chi connectivity index (χ0) is 17.4. The summed E-state index contributed by atoms with van der Waals surface area (Å²) in [6, 6.07) is 10.6. The SMILES string of the molecule is O=C(O)[C@H]1Cc2nc[nH]c2CN1Cc1ccc(-c2ccccc2Cl)o1. The molecule has 0 unspecified atom stereocenters. The van der Waals surface area contributed by atoms with Crippen LogP contribution < -0.4 is 0 Å². The molecule has 128 valence electrons. The highest BCUT2D eigenvalue weighted by Gasteiger charge is 2.33. The number of nitrogens with one attached hydrogen (secondary N) is 1. The highest BCUT2D eigenvalue weighted by molar-refractivity contribution is 6.33. The predicted molar refractivity (Wildman–Crippen MR) is 92.1 cm³/mol. The second-order valence-corrected chi connectivity index (χ2v) is 6.44. The van der Waals surface area contributed by atoms with Crippen molar-refractivity contribution in [3.63, 3.8) is 0 Å². The lowest BCUT2D eigenvalue weighted by Crippen LogP contribution is -2.45. The van der Waals surface area contributed by atoms with Gasteiger partial charge in [-0.1, -0.05) is 23.7 Å². The molecule has 1 atom stereocenters. The fourth-order valence-electron chi connectivity index (χ4n) is 3.17. The molecule has 0 spiro atoms. The monoisotopic (exact) mass is 357 g/mol. The lowest BCUT2D eigenvalue weighted by molar-refractivity contribution is -0.144. The molecule has 4 rings (SSSR count). The van der Waals surface area contributed by atoms with E-state index in [-0.39, 0.29) is 0 Å². The Hall–Kier alpha value is -2.57. The summed E-state index contributed by atoms with van der Waals surface area (Å²) >= 11 is 6.21. The Morgan fingerprint density at radius 1 is 1.36 bits per heavy atom. The summed E-state index contributed by atoms with van der Waals surface area (Å²) in [5, 5.41) is 10.2. The fourth-order valence-corrected chi connectivity index (χ4v) is 3.39. The van der Waals surface area contributed by atoms with Gasteiger partial charge in [0.05, 0.1) is 29.3 Å². The first-order chi connectivity index (χ1) is 12.1. The Balaban J connectivity index is 1.57. The number of rotatable bonds is 4. The molecular weight excluding hydrogens is 342 g/mol. The smallest absolute Gasteiger partial charge is 0.321 e. The number of halogens is 1. The van der Waals surface area contributed by atoms with Crippen LogP contribution in [0.3, 0.4) is 0 Å². The number of hydrogen-bond acceptors (Lipinski definition) is 4. The quantitative estimate of drug-likeness (QED) is 0.748. The van der Waals surface area contributed by atoms with E-state index in [1.807, 2.05) is 41.3 Å². The van der Waals surface area contributed by atoms with Gasteiger partial charge in [-0.3, -0.25) is 9.69 Å². The maximum Gasteiger partial charge on any atom is 0.321 e. The number of hydrogen-bond donors (Lipinski definition) is 2. The molecular formula is C18H16ClN3O3. The van der Waals surface area contributed by atoms with Crippen LogP contribution in [0.15, 0.2) is 47.1 Å². The van der Waals surface area contributed by atoms with E-state index in [2.05, 4.69) is 9.97 Å². The Bertz CT molecular complexity index is 918. The fraction of sp³-hybridized carbons (Fsp3) is 0.222. The van der Waals surface area contributed by atoms with Crippen molar-refractivity contribution in [3.8, 4) is 11.3 Å². The number of aromatic amines is 1. The average Bonchev–Trinajstić information content (AvgIpc) is 3.23. The Morgan fingerprint density at radius 3 is 3.00 bits per heavy atom. The molecule has 2 N–H and O–H groups in total. The van der Waals surface area contributed by atoms with E-state index < -0.39 is 12.0 Å². The number of aliphatic carboxylic acids is 1. The van der Waals surface area contributed by atoms with Crippen LogP contribution in [-0.2, 0) is 24.3 Å². The lowest BCUT2D eigenvalue weighted by atomic mass is 10.0. The molecule has 0 bridgehead atoms. The van der Waals surface area contributed by atoms with E-state index >= 15 is 0 Å². The van der Waals surface area contributed by atoms with Crippen LogP contribution in [0.25, 0.3) is 11.3 Å². The third kappa shape index (κ3) is 3.06. The number of benzene rings is 1. The Morgan fingerprint density at radius 2 is 2.20 bits per heavy atom. The van der Waals surface area contributed by atoms with Gasteiger partial charge < -0.3 is 14.5 Å². The summed E-state index contributed by atoms with van der Waals surface area (Å²) < 4.78 is 5.91. The zero-order valence-corrected chi connectivity index (χ0v) is 14.0. The number of furan rings is 1. The summed E-state index contributed by atoms with van der Waals surface area (Å²) in [6.45, 7) is 0.897. The molecule has 2 aromatic heterocycles. The van der Waals surface area contributed by atoms with Crippen molar-refractivity contribution in [2.45, 2.75) is 25.6 Å². The molecule has 6 nitrogen and oxygen atoms in total.